The Balaban J connectivity index is 1.82. The number of hydrogen-bond acceptors (Lipinski definition) is 1. The second-order valence-corrected chi connectivity index (χ2v) is 6.05. The molecule has 1 aliphatic carbocycles. The third kappa shape index (κ3) is 2.18. The summed E-state index contributed by atoms with van der Waals surface area (Å²) in [5.41, 5.74) is 5.35. The minimum atomic E-state index is 0.153. The maximum Gasteiger partial charge on any atom is 0.128 e. The van der Waals surface area contributed by atoms with Crippen molar-refractivity contribution in [1.29, 1.82) is 0 Å². The minimum absolute atomic E-state index is 0.153. The van der Waals surface area contributed by atoms with Gasteiger partial charge in [0.25, 0.3) is 0 Å². The Morgan fingerprint density at radius 1 is 1.00 bits per heavy atom. The molecule has 2 aliphatic rings. The predicted molar refractivity (Wildman–Crippen MR) is 91.3 cm³/mol. The highest BCUT2D eigenvalue weighted by Gasteiger charge is 2.34. The van der Waals surface area contributed by atoms with Crippen molar-refractivity contribution in [2.45, 2.75) is 31.8 Å². The number of fused-ring (bicyclic) bond motifs is 3. The Bertz CT molecular complexity index is 754. The van der Waals surface area contributed by atoms with Crippen molar-refractivity contribution in [2.75, 3.05) is 0 Å². The number of aryl methyl sites for hydroxylation is 1. The molecule has 110 valence electrons. The molecule has 4 rings (SSSR count). The molecule has 2 aromatic carbocycles. The molecule has 1 aliphatic heterocycles. The van der Waals surface area contributed by atoms with Gasteiger partial charge in [-0.05, 0) is 35.3 Å². The van der Waals surface area contributed by atoms with Gasteiger partial charge in [0.15, 0.2) is 0 Å². The van der Waals surface area contributed by atoms with Crippen LogP contribution in [0.1, 0.15) is 30.4 Å². The number of allylic oxidation sites excluding steroid dienone is 2. The summed E-state index contributed by atoms with van der Waals surface area (Å²) in [6.45, 7) is 2.23. The van der Waals surface area contributed by atoms with Crippen LogP contribution in [0.5, 0.6) is 5.75 Å². The second-order valence-electron chi connectivity index (χ2n) is 6.05. The van der Waals surface area contributed by atoms with E-state index in [2.05, 4.69) is 73.7 Å². The van der Waals surface area contributed by atoms with Crippen LogP contribution < -0.4 is 4.74 Å². The number of ether oxygens (including phenoxy) is 1. The molecule has 1 heteroatoms. The molecule has 2 unspecified atom stereocenters. The fourth-order valence-corrected chi connectivity index (χ4v) is 3.53. The maximum absolute atomic E-state index is 6.11. The first kappa shape index (κ1) is 13.4. The zero-order valence-electron chi connectivity index (χ0n) is 12.8. The standard InChI is InChI=1S/C21H20O/c1-2-7-15-8-5-9-16(14-15)17-11-6-13-20-21(17)18-10-3-4-12-19(18)22-20/h3-6,8-14,18-19H,2,7H2,1H3. The monoisotopic (exact) mass is 288 g/mol. The van der Waals surface area contributed by atoms with Crippen molar-refractivity contribution in [3.63, 3.8) is 0 Å². The van der Waals surface area contributed by atoms with Crippen LogP contribution in [0.15, 0.2) is 66.8 Å². The molecule has 2 aromatic rings. The molecule has 0 amide bonds. The van der Waals surface area contributed by atoms with E-state index in [4.69, 9.17) is 4.74 Å². The molecule has 0 aromatic heterocycles. The highest BCUT2D eigenvalue weighted by atomic mass is 16.5. The summed E-state index contributed by atoms with van der Waals surface area (Å²) in [5.74, 6) is 1.37. The summed E-state index contributed by atoms with van der Waals surface area (Å²) in [6.07, 6.45) is 11.1. The number of rotatable bonds is 3. The van der Waals surface area contributed by atoms with Crippen LogP contribution in [0.25, 0.3) is 11.1 Å². The number of benzene rings is 2. The van der Waals surface area contributed by atoms with Gasteiger partial charge in [-0.1, -0.05) is 68.0 Å². The van der Waals surface area contributed by atoms with Gasteiger partial charge in [-0.2, -0.15) is 0 Å². The lowest BCUT2D eigenvalue weighted by atomic mass is 9.86. The van der Waals surface area contributed by atoms with Crippen molar-refractivity contribution in [2.24, 2.45) is 0 Å². The zero-order valence-corrected chi connectivity index (χ0v) is 12.8. The highest BCUT2D eigenvalue weighted by molar-refractivity contribution is 5.73. The van der Waals surface area contributed by atoms with Crippen LogP contribution in [0.3, 0.4) is 0 Å². The van der Waals surface area contributed by atoms with Crippen molar-refractivity contribution < 1.29 is 4.74 Å². The van der Waals surface area contributed by atoms with Gasteiger partial charge >= 0.3 is 0 Å². The molecule has 0 N–H and O–H groups in total. The molecule has 2 atom stereocenters. The van der Waals surface area contributed by atoms with Gasteiger partial charge in [-0.25, -0.2) is 0 Å². The Morgan fingerprint density at radius 3 is 2.77 bits per heavy atom. The van der Waals surface area contributed by atoms with Crippen LogP contribution in [-0.4, -0.2) is 6.10 Å². The van der Waals surface area contributed by atoms with Crippen LogP contribution in [0.4, 0.5) is 0 Å². The quantitative estimate of drug-likeness (QED) is 0.747. The van der Waals surface area contributed by atoms with Gasteiger partial charge < -0.3 is 4.74 Å². The van der Waals surface area contributed by atoms with Gasteiger partial charge in [-0.15, -0.1) is 0 Å². The van der Waals surface area contributed by atoms with E-state index in [1.807, 2.05) is 0 Å². The van der Waals surface area contributed by atoms with E-state index in [9.17, 15) is 0 Å². The van der Waals surface area contributed by atoms with Crippen LogP contribution in [-0.2, 0) is 6.42 Å². The first-order chi connectivity index (χ1) is 10.9. The molecule has 1 nitrogen and oxygen atoms in total. The van der Waals surface area contributed by atoms with Gasteiger partial charge in [0.1, 0.15) is 11.9 Å². The van der Waals surface area contributed by atoms with Crippen molar-refractivity contribution in [3.05, 3.63) is 77.9 Å². The lowest BCUT2D eigenvalue weighted by Gasteiger charge is -2.16. The Hall–Kier alpha value is -2.28. The molecule has 0 fully saturated rings. The minimum Gasteiger partial charge on any atom is -0.485 e. The van der Waals surface area contributed by atoms with Crippen LogP contribution in [0.2, 0.25) is 0 Å². The molecular weight excluding hydrogens is 268 g/mol. The van der Waals surface area contributed by atoms with E-state index in [1.165, 1.54) is 28.7 Å². The van der Waals surface area contributed by atoms with Crippen molar-refractivity contribution in [1.82, 2.24) is 0 Å². The SMILES string of the molecule is CCCc1cccc(-c2cccc3c2C2C=CC=CC2O3)c1. The smallest absolute Gasteiger partial charge is 0.128 e. The molecular formula is C21H20O. The maximum atomic E-state index is 6.11. The van der Waals surface area contributed by atoms with E-state index in [1.54, 1.807) is 0 Å². The largest absolute Gasteiger partial charge is 0.485 e. The van der Waals surface area contributed by atoms with E-state index in [-0.39, 0.29) is 6.10 Å². The van der Waals surface area contributed by atoms with Crippen LogP contribution >= 0.6 is 0 Å². The Labute approximate surface area is 131 Å². The zero-order chi connectivity index (χ0) is 14.9. The Morgan fingerprint density at radius 2 is 1.86 bits per heavy atom. The fourth-order valence-electron chi connectivity index (χ4n) is 3.53. The molecule has 0 bridgehead atoms. The summed E-state index contributed by atoms with van der Waals surface area (Å²) in [7, 11) is 0. The summed E-state index contributed by atoms with van der Waals surface area (Å²) in [6, 6.07) is 15.4. The fraction of sp³-hybridized carbons (Fsp3) is 0.238. The number of hydrogen-bond donors (Lipinski definition) is 0. The lowest BCUT2D eigenvalue weighted by molar-refractivity contribution is 0.269. The normalized spacial score (nSPS) is 21.3. The molecule has 0 radical (unpaired) electrons. The van der Waals surface area contributed by atoms with Gasteiger partial charge in [-0.3, -0.25) is 0 Å². The average Bonchev–Trinajstić information content (AvgIpc) is 2.94. The third-order valence-corrected chi connectivity index (χ3v) is 4.52. The van der Waals surface area contributed by atoms with Gasteiger partial charge in [0, 0.05) is 11.5 Å². The topological polar surface area (TPSA) is 9.23 Å². The van der Waals surface area contributed by atoms with Crippen molar-refractivity contribution >= 4 is 0 Å². The van der Waals surface area contributed by atoms with E-state index in [0.29, 0.717) is 5.92 Å². The lowest BCUT2D eigenvalue weighted by Crippen LogP contribution is -2.15. The third-order valence-electron chi connectivity index (χ3n) is 4.52. The average molecular weight is 288 g/mol. The van der Waals surface area contributed by atoms with Gasteiger partial charge in [0.2, 0.25) is 0 Å². The summed E-state index contributed by atoms with van der Waals surface area (Å²) >= 11 is 0. The van der Waals surface area contributed by atoms with E-state index >= 15 is 0 Å². The first-order valence-corrected chi connectivity index (χ1v) is 8.10. The molecule has 1 heterocycles. The van der Waals surface area contributed by atoms with E-state index in [0.717, 1.165) is 12.2 Å². The second kappa shape index (κ2) is 5.49. The molecule has 22 heavy (non-hydrogen) atoms. The summed E-state index contributed by atoms with van der Waals surface area (Å²) in [4.78, 5) is 0. The van der Waals surface area contributed by atoms with Crippen molar-refractivity contribution in [3.8, 4) is 16.9 Å². The summed E-state index contributed by atoms with van der Waals surface area (Å²) < 4.78 is 6.11. The molecule has 0 saturated heterocycles. The van der Waals surface area contributed by atoms with E-state index < -0.39 is 0 Å². The predicted octanol–water partition coefficient (Wildman–Crippen LogP) is 5.28. The highest BCUT2D eigenvalue weighted by Crippen LogP contribution is 2.46. The Kier molecular flexibility index (Phi) is 3.34. The van der Waals surface area contributed by atoms with Gasteiger partial charge in [0.05, 0.1) is 0 Å². The van der Waals surface area contributed by atoms with Crippen LogP contribution in [0, 0.1) is 0 Å². The summed E-state index contributed by atoms with van der Waals surface area (Å²) in [5, 5.41) is 0. The molecule has 0 spiro atoms. The first-order valence-electron chi connectivity index (χ1n) is 8.10. The molecule has 0 saturated carbocycles.